The fourth-order valence-electron chi connectivity index (χ4n) is 3.22. The summed E-state index contributed by atoms with van der Waals surface area (Å²) in [7, 11) is 5.98. The molecule has 1 fully saturated rings. The van der Waals surface area contributed by atoms with Crippen molar-refractivity contribution in [2.75, 3.05) is 27.7 Å². The first-order valence-electron chi connectivity index (χ1n) is 10.4. The molecule has 5 nitrogen and oxygen atoms in total. The summed E-state index contributed by atoms with van der Waals surface area (Å²) in [5.74, 6) is 2.52. The van der Waals surface area contributed by atoms with Crippen LogP contribution < -0.4 is 15.4 Å². The van der Waals surface area contributed by atoms with Gasteiger partial charge in [-0.2, -0.15) is 0 Å². The minimum Gasteiger partial charge on any atom is -0.493 e. The minimum atomic E-state index is 0. The Morgan fingerprint density at radius 3 is 2.50 bits per heavy atom. The van der Waals surface area contributed by atoms with Gasteiger partial charge in [0.1, 0.15) is 5.75 Å². The number of guanidine groups is 1. The summed E-state index contributed by atoms with van der Waals surface area (Å²) < 4.78 is 6.08. The predicted octanol–water partition coefficient (Wildman–Crippen LogP) is 4.33. The van der Waals surface area contributed by atoms with Crippen molar-refractivity contribution >= 4 is 29.9 Å². The number of hydrogen-bond donors (Lipinski definition) is 2. The molecule has 2 N–H and O–H groups in total. The van der Waals surface area contributed by atoms with Crippen molar-refractivity contribution in [3.8, 4) is 5.75 Å². The number of ether oxygens (including phenoxy) is 1. The number of aliphatic imine (C=N–C) groups is 1. The third kappa shape index (κ3) is 8.14. The standard InChI is InChI=1S/C24H34N4O.HI/c1-18-8-11-22(23(12-18)29-17-19-9-10-19)15-27-24(25-2)26-14-20-6-5-7-21(13-20)16-28(3)4;/h5-8,11-13,19H,9-10,14-17H2,1-4H3,(H2,25,26,27);1H. The number of nitrogens with zero attached hydrogens (tertiary/aromatic N) is 2. The van der Waals surface area contributed by atoms with Gasteiger partial charge in [-0.05, 0) is 62.5 Å². The first kappa shape index (κ1) is 24.5. The molecule has 0 spiro atoms. The second-order valence-electron chi connectivity index (χ2n) is 8.20. The summed E-state index contributed by atoms with van der Waals surface area (Å²) in [6.07, 6.45) is 2.59. The molecule has 0 aromatic heterocycles. The van der Waals surface area contributed by atoms with Crippen molar-refractivity contribution in [3.05, 3.63) is 64.7 Å². The average molecular weight is 522 g/mol. The van der Waals surface area contributed by atoms with Crippen molar-refractivity contribution in [1.82, 2.24) is 15.5 Å². The Balaban J connectivity index is 0.00000320. The summed E-state index contributed by atoms with van der Waals surface area (Å²) in [5, 5.41) is 6.83. The van der Waals surface area contributed by atoms with Crippen molar-refractivity contribution in [1.29, 1.82) is 0 Å². The van der Waals surface area contributed by atoms with Crippen LogP contribution in [0.2, 0.25) is 0 Å². The van der Waals surface area contributed by atoms with E-state index in [0.717, 1.165) is 42.9 Å². The lowest BCUT2D eigenvalue weighted by Crippen LogP contribution is -2.36. The van der Waals surface area contributed by atoms with Crippen LogP contribution in [0.4, 0.5) is 0 Å². The number of halogens is 1. The van der Waals surface area contributed by atoms with E-state index in [1.807, 2.05) is 0 Å². The highest BCUT2D eigenvalue weighted by Gasteiger charge is 2.22. The number of nitrogens with one attached hydrogen (secondary N) is 2. The molecule has 2 aromatic carbocycles. The zero-order valence-electron chi connectivity index (χ0n) is 18.6. The molecule has 0 unspecified atom stereocenters. The van der Waals surface area contributed by atoms with Gasteiger partial charge in [-0.1, -0.05) is 36.4 Å². The second kappa shape index (κ2) is 12.2. The van der Waals surface area contributed by atoms with Crippen LogP contribution in [0.1, 0.15) is 35.1 Å². The van der Waals surface area contributed by atoms with Crippen molar-refractivity contribution in [2.24, 2.45) is 10.9 Å². The number of benzene rings is 2. The normalized spacial score (nSPS) is 13.7. The SMILES string of the molecule is CN=C(NCc1cccc(CN(C)C)c1)NCc1ccc(C)cc1OCC1CC1.I. The van der Waals surface area contributed by atoms with Gasteiger partial charge in [0.25, 0.3) is 0 Å². The molecule has 30 heavy (non-hydrogen) atoms. The second-order valence-corrected chi connectivity index (χ2v) is 8.20. The van der Waals surface area contributed by atoms with E-state index in [4.69, 9.17) is 4.74 Å². The first-order chi connectivity index (χ1) is 14.0. The van der Waals surface area contributed by atoms with Gasteiger partial charge >= 0.3 is 0 Å². The topological polar surface area (TPSA) is 48.9 Å². The lowest BCUT2D eigenvalue weighted by atomic mass is 10.1. The largest absolute Gasteiger partial charge is 0.493 e. The van der Waals surface area contributed by atoms with E-state index in [0.29, 0.717) is 6.54 Å². The predicted molar refractivity (Wildman–Crippen MR) is 136 cm³/mol. The molecule has 0 atom stereocenters. The number of hydrogen-bond acceptors (Lipinski definition) is 3. The molecule has 1 aliphatic carbocycles. The van der Waals surface area contributed by atoms with Gasteiger partial charge in [-0.15, -0.1) is 24.0 Å². The van der Waals surface area contributed by atoms with Crippen LogP contribution >= 0.6 is 24.0 Å². The van der Waals surface area contributed by atoms with Gasteiger partial charge < -0.3 is 20.3 Å². The van der Waals surface area contributed by atoms with Crippen LogP contribution in [-0.2, 0) is 19.6 Å². The molecule has 6 heteroatoms. The summed E-state index contributed by atoms with van der Waals surface area (Å²) in [6, 6.07) is 15.1. The van der Waals surface area contributed by atoms with Crippen LogP contribution in [-0.4, -0.2) is 38.6 Å². The Kier molecular flexibility index (Phi) is 9.91. The minimum absolute atomic E-state index is 0. The van der Waals surface area contributed by atoms with Gasteiger partial charge in [-0.25, -0.2) is 0 Å². The quantitative estimate of drug-likeness (QED) is 0.293. The zero-order chi connectivity index (χ0) is 20.6. The van der Waals surface area contributed by atoms with E-state index < -0.39 is 0 Å². The van der Waals surface area contributed by atoms with Gasteiger partial charge in [0.15, 0.2) is 5.96 Å². The summed E-state index contributed by atoms with van der Waals surface area (Å²) in [5.41, 5.74) is 4.94. The first-order valence-corrected chi connectivity index (χ1v) is 10.4. The van der Waals surface area contributed by atoms with Crippen LogP contribution in [0.5, 0.6) is 5.75 Å². The van der Waals surface area contributed by atoms with E-state index in [1.54, 1.807) is 7.05 Å². The maximum atomic E-state index is 6.08. The molecule has 0 amide bonds. The van der Waals surface area contributed by atoms with E-state index in [1.165, 1.54) is 29.5 Å². The molecule has 0 heterocycles. The van der Waals surface area contributed by atoms with Crippen molar-refractivity contribution < 1.29 is 4.74 Å². The van der Waals surface area contributed by atoms with E-state index in [9.17, 15) is 0 Å². The fraction of sp³-hybridized carbons (Fsp3) is 0.458. The van der Waals surface area contributed by atoms with Gasteiger partial charge in [0.05, 0.1) is 6.61 Å². The van der Waals surface area contributed by atoms with Crippen molar-refractivity contribution in [3.63, 3.8) is 0 Å². The molecule has 0 aliphatic heterocycles. The maximum Gasteiger partial charge on any atom is 0.191 e. The molecule has 164 valence electrons. The molecule has 0 bridgehead atoms. The van der Waals surface area contributed by atoms with Gasteiger partial charge in [0, 0.05) is 32.2 Å². The Morgan fingerprint density at radius 1 is 1.07 bits per heavy atom. The third-order valence-electron chi connectivity index (χ3n) is 5.01. The van der Waals surface area contributed by atoms with Crippen LogP contribution in [0.3, 0.4) is 0 Å². The molecule has 0 saturated heterocycles. The molecule has 0 radical (unpaired) electrons. The van der Waals surface area contributed by atoms with Gasteiger partial charge in [0.2, 0.25) is 0 Å². The summed E-state index contributed by atoms with van der Waals surface area (Å²) >= 11 is 0. The lowest BCUT2D eigenvalue weighted by Gasteiger charge is -2.16. The maximum absolute atomic E-state index is 6.08. The van der Waals surface area contributed by atoms with E-state index in [2.05, 4.69) is 84.0 Å². The third-order valence-corrected chi connectivity index (χ3v) is 5.01. The Hall–Kier alpha value is -1.80. The monoisotopic (exact) mass is 522 g/mol. The highest BCUT2D eigenvalue weighted by molar-refractivity contribution is 14.0. The number of rotatable bonds is 9. The van der Waals surface area contributed by atoms with E-state index in [-0.39, 0.29) is 24.0 Å². The highest BCUT2D eigenvalue weighted by atomic mass is 127. The smallest absolute Gasteiger partial charge is 0.191 e. The summed E-state index contributed by atoms with van der Waals surface area (Å²) in [4.78, 5) is 6.54. The van der Waals surface area contributed by atoms with Crippen LogP contribution in [0.15, 0.2) is 47.5 Å². The molecular formula is C24H35IN4O. The molecule has 3 rings (SSSR count). The molecule has 1 aliphatic rings. The fourth-order valence-corrected chi connectivity index (χ4v) is 3.22. The molecule has 2 aromatic rings. The number of aryl methyl sites for hydroxylation is 1. The Bertz CT molecular complexity index is 834. The van der Waals surface area contributed by atoms with Crippen molar-refractivity contribution in [2.45, 2.75) is 39.4 Å². The highest BCUT2D eigenvalue weighted by Crippen LogP contribution is 2.30. The average Bonchev–Trinajstić information content (AvgIpc) is 3.52. The summed E-state index contributed by atoms with van der Waals surface area (Å²) in [6.45, 7) is 5.29. The Labute approximate surface area is 198 Å². The zero-order valence-corrected chi connectivity index (χ0v) is 20.9. The van der Waals surface area contributed by atoms with Crippen LogP contribution in [0, 0.1) is 12.8 Å². The van der Waals surface area contributed by atoms with E-state index >= 15 is 0 Å². The van der Waals surface area contributed by atoms with Gasteiger partial charge in [-0.3, -0.25) is 4.99 Å². The molecular weight excluding hydrogens is 487 g/mol. The molecule has 1 saturated carbocycles. The van der Waals surface area contributed by atoms with Crippen LogP contribution in [0.25, 0.3) is 0 Å². The Morgan fingerprint density at radius 2 is 1.80 bits per heavy atom. The lowest BCUT2D eigenvalue weighted by molar-refractivity contribution is 0.296.